The number of sulfonamides is 1. The Morgan fingerprint density at radius 2 is 1.73 bits per heavy atom. The maximum atomic E-state index is 13.4. The topological polar surface area (TPSA) is 78.8 Å². The number of carbonyl (C=O) groups is 1. The summed E-state index contributed by atoms with van der Waals surface area (Å²) in [5.41, 5.74) is 4.53. The van der Waals surface area contributed by atoms with Crippen molar-refractivity contribution >= 4 is 62.1 Å². The molecule has 2 aromatic carbocycles. The smallest absolute Gasteiger partial charge is 0.265 e. The first-order valence-electron chi connectivity index (χ1n) is 9.29. The lowest BCUT2D eigenvalue weighted by Gasteiger charge is -2.25. The summed E-state index contributed by atoms with van der Waals surface area (Å²) in [5.74, 6) is -0.156. The van der Waals surface area contributed by atoms with Crippen LogP contribution >= 0.6 is 34.8 Å². The van der Waals surface area contributed by atoms with Crippen molar-refractivity contribution in [2.75, 3.05) is 10.8 Å². The van der Waals surface area contributed by atoms with Gasteiger partial charge < -0.3 is 0 Å². The van der Waals surface area contributed by atoms with E-state index in [4.69, 9.17) is 34.8 Å². The lowest BCUT2D eigenvalue weighted by atomic mass is 9.94. The fourth-order valence-corrected chi connectivity index (χ4v) is 5.75. The number of carbonyl (C=O) groups excluding carboxylic acids is 1. The Labute approximate surface area is 190 Å². The first-order chi connectivity index (χ1) is 14.1. The first-order valence-corrected chi connectivity index (χ1v) is 11.9. The number of benzene rings is 2. The van der Waals surface area contributed by atoms with Crippen LogP contribution in [0.4, 0.5) is 5.69 Å². The lowest BCUT2D eigenvalue weighted by molar-refractivity contribution is -0.121. The highest BCUT2D eigenvalue weighted by Crippen LogP contribution is 2.35. The van der Waals surface area contributed by atoms with Crippen LogP contribution in [0.25, 0.3) is 0 Å². The van der Waals surface area contributed by atoms with Crippen LogP contribution in [0.1, 0.15) is 32.3 Å². The molecule has 0 spiro atoms. The van der Waals surface area contributed by atoms with Gasteiger partial charge in [0.15, 0.2) is 0 Å². The third-order valence-corrected chi connectivity index (χ3v) is 7.69. The molecule has 1 aliphatic heterocycles. The van der Waals surface area contributed by atoms with Crippen LogP contribution < -0.4 is 9.73 Å². The number of nitrogens with zero attached hydrogens (tertiary/aromatic N) is 2. The van der Waals surface area contributed by atoms with E-state index in [0.29, 0.717) is 18.5 Å². The standard InChI is InChI=1S/C20H20Cl3N3O3S/c1-3-8-26(30(28,29)18-11-16(22)15(21)10-17(18)23)14-6-4-13(5-7-14)20-12(2)9-19(27)24-25-20/h4-7,10-12H,3,8-9H2,1-2H3,(H,24,27). The third-order valence-electron chi connectivity index (χ3n) is 4.68. The molecule has 0 aliphatic carbocycles. The van der Waals surface area contributed by atoms with Gasteiger partial charge in [0.25, 0.3) is 10.0 Å². The number of hydrazone groups is 1. The summed E-state index contributed by atoms with van der Waals surface area (Å²) < 4.78 is 28.0. The lowest BCUT2D eigenvalue weighted by Crippen LogP contribution is -2.33. The molecule has 1 atom stereocenters. The fraction of sp³-hybridized carbons (Fsp3) is 0.300. The Morgan fingerprint density at radius 1 is 1.10 bits per heavy atom. The summed E-state index contributed by atoms with van der Waals surface area (Å²) in [5, 5.41) is 4.43. The predicted molar refractivity (Wildman–Crippen MR) is 121 cm³/mol. The van der Waals surface area contributed by atoms with Crippen molar-refractivity contribution in [2.45, 2.75) is 31.6 Å². The van der Waals surface area contributed by atoms with Gasteiger partial charge in [0.1, 0.15) is 4.90 Å². The van der Waals surface area contributed by atoms with Gasteiger partial charge in [0, 0.05) is 18.9 Å². The minimum Gasteiger partial charge on any atom is -0.273 e. The molecule has 0 bridgehead atoms. The van der Waals surface area contributed by atoms with E-state index in [1.54, 1.807) is 24.3 Å². The maximum Gasteiger partial charge on any atom is 0.265 e. The molecule has 6 nitrogen and oxygen atoms in total. The van der Waals surface area contributed by atoms with Crippen LogP contribution in [0.2, 0.25) is 15.1 Å². The molecule has 1 aliphatic rings. The molecule has 30 heavy (non-hydrogen) atoms. The number of anilines is 1. The molecule has 1 N–H and O–H groups in total. The highest BCUT2D eigenvalue weighted by atomic mass is 35.5. The zero-order chi connectivity index (χ0) is 22.1. The quantitative estimate of drug-likeness (QED) is 0.574. The molecule has 160 valence electrons. The molecular formula is C20H20Cl3N3O3S. The van der Waals surface area contributed by atoms with Gasteiger partial charge in [-0.1, -0.05) is 60.8 Å². The van der Waals surface area contributed by atoms with Crippen LogP contribution in [-0.2, 0) is 14.8 Å². The molecule has 1 heterocycles. The van der Waals surface area contributed by atoms with Crippen molar-refractivity contribution < 1.29 is 13.2 Å². The second-order valence-corrected chi connectivity index (χ2v) is 10.0. The molecule has 1 amide bonds. The SMILES string of the molecule is CCCN(c1ccc(C2=NNC(=O)CC2C)cc1)S(=O)(=O)c1cc(Cl)c(Cl)cc1Cl. The van der Waals surface area contributed by atoms with E-state index in [9.17, 15) is 13.2 Å². The number of rotatable bonds is 6. The minimum absolute atomic E-state index is 0.00301. The summed E-state index contributed by atoms with van der Waals surface area (Å²) in [6.07, 6.45) is 0.947. The van der Waals surface area contributed by atoms with Gasteiger partial charge in [-0.25, -0.2) is 13.8 Å². The highest BCUT2D eigenvalue weighted by molar-refractivity contribution is 7.93. The third kappa shape index (κ3) is 4.59. The Balaban J connectivity index is 1.99. The second-order valence-electron chi connectivity index (χ2n) is 6.96. The minimum atomic E-state index is -3.97. The molecule has 10 heteroatoms. The van der Waals surface area contributed by atoms with Crippen LogP contribution in [0.5, 0.6) is 0 Å². The zero-order valence-corrected chi connectivity index (χ0v) is 19.4. The normalized spacial score (nSPS) is 16.8. The Bertz CT molecular complexity index is 1100. The summed E-state index contributed by atoms with van der Waals surface area (Å²) in [4.78, 5) is 11.4. The van der Waals surface area contributed by atoms with Crippen molar-refractivity contribution in [3.63, 3.8) is 0 Å². The molecule has 1 unspecified atom stereocenters. The van der Waals surface area contributed by atoms with Crippen LogP contribution in [-0.4, -0.2) is 26.6 Å². The monoisotopic (exact) mass is 487 g/mol. The van der Waals surface area contributed by atoms with Crippen LogP contribution in [0, 0.1) is 5.92 Å². The first kappa shape index (κ1) is 22.9. The van der Waals surface area contributed by atoms with Gasteiger partial charge in [0.05, 0.1) is 26.5 Å². The van der Waals surface area contributed by atoms with Crippen LogP contribution in [0.15, 0.2) is 46.4 Å². The Hall–Kier alpha value is -1.80. The highest BCUT2D eigenvalue weighted by Gasteiger charge is 2.28. The molecule has 0 saturated carbocycles. The largest absolute Gasteiger partial charge is 0.273 e. The molecular weight excluding hydrogens is 469 g/mol. The molecule has 0 saturated heterocycles. The summed E-state index contributed by atoms with van der Waals surface area (Å²) >= 11 is 18.2. The van der Waals surface area contributed by atoms with E-state index in [2.05, 4.69) is 10.5 Å². The van der Waals surface area contributed by atoms with Gasteiger partial charge in [-0.2, -0.15) is 5.10 Å². The summed E-state index contributed by atoms with van der Waals surface area (Å²) in [6, 6.07) is 9.58. The molecule has 2 aromatic rings. The molecule has 0 aromatic heterocycles. The Kier molecular flexibility index (Phi) is 6.97. The van der Waals surface area contributed by atoms with Gasteiger partial charge in [-0.05, 0) is 36.2 Å². The van der Waals surface area contributed by atoms with Crippen molar-refractivity contribution in [2.24, 2.45) is 11.0 Å². The number of halogens is 3. The average Bonchev–Trinajstić information content (AvgIpc) is 2.69. The van der Waals surface area contributed by atoms with E-state index < -0.39 is 10.0 Å². The van der Waals surface area contributed by atoms with Gasteiger partial charge >= 0.3 is 0 Å². The van der Waals surface area contributed by atoms with E-state index >= 15 is 0 Å². The number of hydrogen-bond acceptors (Lipinski definition) is 4. The molecule has 0 radical (unpaired) electrons. The van der Waals surface area contributed by atoms with E-state index in [1.165, 1.54) is 16.4 Å². The van der Waals surface area contributed by atoms with Crippen molar-refractivity contribution in [3.8, 4) is 0 Å². The second kappa shape index (κ2) is 9.14. The average molecular weight is 489 g/mol. The molecule has 3 rings (SSSR count). The zero-order valence-electron chi connectivity index (χ0n) is 16.3. The Morgan fingerprint density at radius 3 is 2.33 bits per heavy atom. The predicted octanol–water partition coefficient (Wildman–Crippen LogP) is 5.11. The van der Waals surface area contributed by atoms with Crippen molar-refractivity contribution in [3.05, 3.63) is 57.0 Å². The van der Waals surface area contributed by atoms with Gasteiger partial charge in [-0.15, -0.1) is 0 Å². The van der Waals surface area contributed by atoms with E-state index in [1.807, 2.05) is 13.8 Å². The van der Waals surface area contributed by atoms with Crippen molar-refractivity contribution in [1.82, 2.24) is 5.43 Å². The maximum absolute atomic E-state index is 13.4. The summed E-state index contributed by atoms with van der Waals surface area (Å²) in [6.45, 7) is 4.06. The summed E-state index contributed by atoms with van der Waals surface area (Å²) in [7, 11) is -3.97. The fourth-order valence-electron chi connectivity index (χ4n) is 3.21. The van der Waals surface area contributed by atoms with Crippen molar-refractivity contribution in [1.29, 1.82) is 0 Å². The van der Waals surface area contributed by atoms with Gasteiger partial charge in [-0.3, -0.25) is 9.10 Å². The number of hydrogen-bond donors (Lipinski definition) is 1. The molecule has 0 fully saturated rings. The van der Waals surface area contributed by atoms with E-state index in [-0.39, 0.29) is 38.3 Å². The number of amides is 1. The van der Waals surface area contributed by atoms with Gasteiger partial charge in [0.2, 0.25) is 5.91 Å². The number of nitrogens with one attached hydrogen (secondary N) is 1. The van der Waals surface area contributed by atoms with E-state index in [0.717, 1.165) is 11.3 Å². The van der Waals surface area contributed by atoms with Crippen LogP contribution in [0.3, 0.4) is 0 Å².